The molecule has 2 N–H and O–H groups in total. The standard InChI is InChI=1S/C17H25NO2S/c1-17(2,3)15-10-13(11-21-15)18-14(16(19)20)9-12-7-5-4-6-8-12/h4-8,13-15,18H,9-11H2,1-3H3,(H,19,20)/t13?,14-,15?/m1/s1. The van der Waals surface area contributed by atoms with E-state index in [2.05, 4.69) is 26.1 Å². The van der Waals surface area contributed by atoms with Crippen LogP contribution >= 0.6 is 11.8 Å². The molecule has 21 heavy (non-hydrogen) atoms. The van der Waals surface area contributed by atoms with Gasteiger partial charge in [-0.3, -0.25) is 4.79 Å². The molecule has 1 aromatic carbocycles. The number of carbonyl (C=O) groups is 1. The van der Waals surface area contributed by atoms with Crippen LogP contribution in [0.25, 0.3) is 0 Å². The van der Waals surface area contributed by atoms with Gasteiger partial charge < -0.3 is 10.4 Å². The van der Waals surface area contributed by atoms with Gasteiger partial charge in [0, 0.05) is 17.0 Å². The normalized spacial score (nSPS) is 24.0. The first-order valence-electron chi connectivity index (χ1n) is 7.50. The molecule has 116 valence electrons. The zero-order valence-corrected chi connectivity index (χ0v) is 13.8. The second-order valence-corrected chi connectivity index (χ2v) is 8.10. The monoisotopic (exact) mass is 307 g/mol. The Morgan fingerprint density at radius 3 is 2.57 bits per heavy atom. The molecule has 0 radical (unpaired) electrons. The molecule has 4 heteroatoms. The highest BCUT2D eigenvalue weighted by atomic mass is 32.2. The number of nitrogens with one attached hydrogen (secondary N) is 1. The van der Waals surface area contributed by atoms with E-state index in [0.29, 0.717) is 17.7 Å². The van der Waals surface area contributed by atoms with Gasteiger partial charge in [-0.05, 0) is 23.8 Å². The van der Waals surface area contributed by atoms with Gasteiger partial charge in [0.15, 0.2) is 0 Å². The van der Waals surface area contributed by atoms with E-state index in [1.54, 1.807) is 0 Å². The third-order valence-electron chi connectivity index (χ3n) is 3.98. The number of hydrogen-bond acceptors (Lipinski definition) is 3. The summed E-state index contributed by atoms with van der Waals surface area (Å²) in [7, 11) is 0. The fourth-order valence-corrected chi connectivity index (χ4v) is 4.26. The van der Waals surface area contributed by atoms with Gasteiger partial charge >= 0.3 is 5.97 Å². The van der Waals surface area contributed by atoms with Gasteiger partial charge in [0.1, 0.15) is 6.04 Å². The van der Waals surface area contributed by atoms with Gasteiger partial charge in [-0.25, -0.2) is 0 Å². The minimum atomic E-state index is -0.761. The van der Waals surface area contributed by atoms with Gasteiger partial charge in [-0.15, -0.1) is 0 Å². The zero-order valence-electron chi connectivity index (χ0n) is 13.0. The number of rotatable bonds is 5. The van der Waals surface area contributed by atoms with Gasteiger partial charge in [0.05, 0.1) is 0 Å². The van der Waals surface area contributed by atoms with Crippen molar-refractivity contribution in [3.8, 4) is 0 Å². The lowest BCUT2D eigenvalue weighted by Gasteiger charge is -2.26. The first-order chi connectivity index (χ1) is 9.86. The van der Waals surface area contributed by atoms with Crippen molar-refractivity contribution in [1.82, 2.24) is 5.32 Å². The summed E-state index contributed by atoms with van der Waals surface area (Å²) >= 11 is 1.96. The first-order valence-corrected chi connectivity index (χ1v) is 8.55. The molecule has 0 amide bonds. The number of carboxylic acids is 1. The quantitative estimate of drug-likeness (QED) is 0.877. The maximum Gasteiger partial charge on any atom is 0.321 e. The highest BCUT2D eigenvalue weighted by molar-refractivity contribution is 8.00. The number of aliphatic carboxylic acids is 1. The summed E-state index contributed by atoms with van der Waals surface area (Å²) in [6, 6.07) is 9.62. The third-order valence-corrected chi connectivity index (χ3v) is 5.88. The van der Waals surface area contributed by atoms with E-state index < -0.39 is 12.0 Å². The fourth-order valence-electron chi connectivity index (χ4n) is 2.70. The largest absolute Gasteiger partial charge is 0.480 e. The smallest absolute Gasteiger partial charge is 0.321 e. The average molecular weight is 307 g/mol. The van der Waals surface area contributed by atoms with Crippen LogP contribution in [0.4, 0.5) is 0 Å². The Balaban J connectivity index is 1.94. The highest BCUT2D eigenvalue weighted by Crippen LogP contribution is 2.39. The van der Waals surface area contributed by atoms with Gasteiger partial charge in [-0.2, -0.15) is 11.8 Å². The van der Waals surface area contributed by atoms with Crippen LogP contribution in [0.15, 0.2) is 30.3 Å². The maximum atomic E-state index is 11.5. The van der Waals surface area contributed by atoms with Crippen molar-refractivity contribution in [1.29, 1.82) is 0 Å². The lowest BCUT2D eigenvalue weighted by atomic mass is 9.88. The molecular formula is C17H25NO2S. The van der Waals surface area contributed by atoms with E-state index in [1.165, 1.54) is 0 Å². The Kier molecular flexibility index (Phi) is 5.33. The molecule has 0 spiro atoms. The summed E-state index contributed by atoms with van der Waals surface area (Å²) in [5, 5.41) is 13.4. The SMILES string of the molecule is CC(C)(C)C1CC(N[C@H](Cc2ccccc2)C(=O)O)CS1. The van der Waals surface area contributed by atoms with E-state index in [-0.39, 0.29) is 5.41 Å². The molecule has 1 aliphatic rings. The van der Waals surface area contributed by atoms with E-state index in [0.717, 1.165) is 17.7 Å². The Morgan fingerprint density at radius 1 is 1.38 bits per heavy atom. The molecule has 0 saturated carbocycles. The summed E-state index contributed by atoms with van der Waals surface area (Å²) in [6.45, 7) is 6.77. The summed E-state index contributed by atoms with van der Waals surface area (Å²) in [5.41, 5.74) is 1.34. The lowest BCUT2D eigenvalue weighted by Crippen LogP contribution is -2.45. The second kappa shape index (κ2) is 6.84. The third kappa shape index (κ3) is 4.75. The highest BCUT2D eigenvalue weighted by Gasteiger charge is 2.35. The molecule has 3 nitrogen and oxygen atoms in total. The molecule has 2 rings (SSSR count). The van der Waals surface area contributed by atoms with Crippen LogP contribution < -0.4 is 5.32 Å². The molecule has 1 aromatic rings. The predicted octanol–water partition coefficient (Wildman–Crippen LogP) is 3.19. The number of benzene rings is 1. The lowest BCUT2D eigenvalue weighted by molar-refractivity contribution is -0.139. The maximum absolute atomic E-state index is 11.5. The molecule has 2 unspecified atom stereocenters. The van der Waals surface area contributed by atoms with Crippen LogP contribution in [-0.2, 0) is 11.2 Å². The van der Waals surface area contributed by atoms with E-state index in [4.69, 9.17) is 0 Å². The van der Waals surface area contributed by atoms with E-state index >= 15 is 0 Å². The van der Waals surface area contributed by atoms with Crippen molar-refractivity contribution < 1.29 is 9.90 Å². The number of thioether (sulfide) groups is 1. The number of carboxylic acid groups (broad SMARTS) is 1. The summed E-state index contributed by atoms with van der Waals surface area (Å²) in [6.07, 6.45) is 1.59. The van der Waals surface area contributed by atoms with E-state index in [1.807, 2.05) is 42.1 Å². The van der Waals surface area contributed by atoms with E-state index in [9.17, 15) is 9.90 Å². The fraction of sp³-hybridized carbons (Fsp3) is 0.588. The first kappa shape index (κ1) is 16.4. The van der Waals surface area contributed by atoms with Crippen LogP contribution in [0.5, 0.6) is 0 Å². The summed E-state index contributed by atoms with van der Waals surface area (Å²) in [4.78, 5) is 11.5. The minimum absolute atomic E-state index is 0.277. The molecule has 0 bridgehead atoms. The van der Waals surface area contributed by atoms with Crippen LogP contribution in [-0.4, -0.2) is 34.2 Å². The average Bonchev–Trinajstić information content (AvgIpc) is 2.87. The zero-order chi connectivity index (χ0) is 15.5. The predicted molar refractivity (Wildman–Crippen MR) is 88.8 cm³/mol. The molecule has 1 saturated heterocycles. The van der Waals surface area contributed by atoms with Crippen LogP contribution in [0, 0.1) is 5.41 Å². The van der Waals surface area contributed by atoms with Crippen molar-refractivity contribution in [3.05, 3.63) is 35.9 Å². The molecule has 1 aliphatic heterocycles. The van der Waals surface area contributed by atoms with Crippen molar-refractivity contribution in [2.75, 3.05) is 5.75 Å². The second-order valence-electron chi connectivity index (χ2n) is 6.87. The van der Waals surface area contributed by atoms with Crippen LogP contribution in [0.2, 0.25) is 0 Å². The summed E-state index contributed by atoms with van der Waals surface area (Å²) in [5.74, 6) is 0.239. The molecule has 0 aromatic heterocycles. The molecule has 1 fully saturated rings. The number of hydrogen-bond donors (Lipinski definition) is 2. The van der Waals surface area contributed by atoms with Crippen LogP contribution in [0.3, 0.4) is 0 Å². The van der Waals surface area contributed by atoms with Gasteiger partial charge in [0.25, 0.3) is 0 Å². The Labute approximate surface area is 131 Å². The van der Waals surface area contributed by atoms with Gasteiger partial charge in [-0.1, -0.05) is 51.1 Å². The topological polar surface area (TPSA) is 49.3 Å². The minimum Gasteiger partial charge on any atom is -0.480 e. The molecule has 0 aliphatic carbocycles. The van der Waals surface area contributed by atoms with Crippen molar-refractivity contribution in [3.63, 3.8) is 0 Å². The Morgan fingerprint density at radius 2 is 2.05 bits per heavy atom. The Hall–Kier alpha value is -1.00. The summed E-state index contributed by atoms with van der Waals surface area (Å²) < 4.78 is 0. The molecular weight excluding hydrogens is 282 g/mol. The van der Waals surface area contributed by atoms with Crippen molar-refractivity contribution in [2.24, 2.45) is 5.41 Å². The Bertz CT molecular complexity index is 469. The van der Waals surface area contributed by atoms with Gasteiger partial charge in [0.2, 0.25) is 0 Å². The van der Waals surface area contributed by atoms with Crippen molar-refractivity contribution >= 4 is 17.7 Å². The molecule has 1 heterocycles. The molecule has 3 atom stereocenters. The van der Waals surface area contributed by atoms with Crippen molar-refractivity contribution in [2.45, 2.75) is 50.9 Å². The van der Waals surface area contributed by atoms with Crippen LogP contribution in [0.1, 0.15) is 32.8 Å².